The minimum absolute atomic E-state index is 0.0836. The summed E-state index contributed by atoms with van der Waals surface area (Å²) in [7, 11) is 1.53. The lowest BCUT2D eigenvalue weighted by atomic mass is 10.1. The van der Waals surface area contributed by atoms with Crippen molar-refractivity contribution in [2.45, 2.75) is 13.5 Å². The van der Waals surface area contributed by atoms with Gasteiger partial charge in [0.25, 0.3) is 0 Å². The number of rotatable bonds is 4. The number of hydrogen-bond donors (Lipinski definition) is 2. The van der Waals surface area contributed by atoms with Crippen LogP contribution in [0.25, 0.3) is 0 Å². The Kier molecular flexibility index (Phi) is 4.54. The molecule has 21 heavy (non-hydrogen) atoms. The smallest absolute Gasteiger partial charge is 0.337 e. The highest BCUT2D eigenvalue weighted by atomic mass is 32.1. The fraction of sp³-hybridized carbons (Fsp3) is 0.214. The van der Waals surface area contributed by atoms with Crippen LogP contribution in [-0.4, -0.2) is 29.1 Å². The second kappa shape index (κ2) is 6.36. The summed E-state index contributed by atoms with van der Waals surface area (Å²) >= 11 is 1.51. The molecule has 1 aromatic carbocycles. The van der Waals surface area contributed by atoms with E-state index in [0.29, 0.717) is 12.2 Å². The Morgan fingerprint density at radius 2 is 2.10 bits per heavy atom. The molecular formula is C14H15N3O3S. The molecule has 0 radical (unpaired) electrons. The van der Waals surface area contributed by atoms with Crippen molar-refractivity contribution >= 4 is 29.0 Å². The number of carboxylic acid groups (broad SMARTS) is 1. The third-order valence-electron chi connectivity index (χ3n) is 2.86. The number of para-hydroxylation sites is 1. The van der Waals surface area contributed by atoms with Gasteiger partial charge in [0.05, 0.1) is 17.8 Å². The molecule has 0 aliphatic rings. The lowest BCUT2D eigenvalue weighted by Crippen LogP contribution is -2.37. The molecule has 0 atom stereocenters. The molecule has 1 heterocycles. The number of amides is 2. The maximum absolute atomic E-state index is 12.1. The quantitative estimate of drug-likeness (QED) is 0.909. The Morgan fingerprint density at radius 1 is 1.38 bits per heavy atom. The third-order valence-corrected chi connectivity index (χ3v) is 3.77. The minimum atomic E-state index is -1.07. The topological polar surface area (TPSA) is 82.5 Å². The Hall–Kier alpha value is -2.41. The van der Waals surface area contributed by atoms with E-state index < -0.39 is 5.97 Å². The summed E-state index contributed by atoms with van der Waals surface area (Å²) in [5, 5.41) is 12.7. The molecule has 2 amide bonds. The Bertz CT molecular complexity index is 669. The number of carbonyl (C=O) groups excluding carboxylic acids is 1. The van der Waals surface area contributed by atoms with Gasteiger partial charge in [-0.2, -0.15) is 0 Å². The van der Waals surface area contributed by atoms with E-state index in [1.54, 1.807) is 24.4 Å². The van der Waals surface area contributed by atoms with Crippen LogP contribution in [0.2, 0.25) is 0 Å². The van der Waals surface area contributed by atoms with E-state index in [2.05, 4.69) is 10.3 Å². The van der Waals surface area contributed by atoms with Gasteiger partial charge in [-0.15, -0.1) is 11.3 Å². The van der Waals surface area contributed by atoms with Gasteiger partial charge in [0.15, 0.2) is 0 Å². The molecule has 110 valence electrons. The third kappa shape index (κ3) is 3.57. The van der Waals surface area contributed by atoms with Gasteiger partial charge in [0.2, 0.25) is 0 Å². The number of aryl methyl sites for hydroxylation is 1. The largest absolute Gasteiger partial charge is 0.478 e. The molecule has 0 saturated carbocycles. The molecule has 0 bridgehead atoms. The lowest BCUT2D eigenvalue weighted by Gasteiger charge is -2.19. The van der Waals surface area contributed by atoms with Crippen LogP contribution in [0.3, 0.4) is 0 Å². The highest BCUT2D eigenvalue weighted by molar-refractivity contribution is 7.11. The normalized spacial score (nSPS) is 10.2. The van der Waals surface area contributed by atoms with Gasteiger partial charge >= 0.3 is 12.0 Å². The number of hydrogen-bond acceptors (Lipinski definition) is 4. The molecule has 7 heteroatoms. The Labute approximate surface area is 126 Å². The fourth-order valence-electron chi connectivity index (χ4n) is 1.81. The number of aromatic nitrogens is 1. The van der Waals surface area contributed by atoms with E-state index in [1.165, 1.54) is 29.4 Å². The summed E-state index contributed by atoms with van der Waals surface area (Å²) < 4.78 is 0. The molecule has 0 aliphatic carbocycles. The second-order valence-corrected chi connectivity index (χ2v) is 5.72. The molecule has 0 saturated heterocycles. The van der Waals surface area contributed by atoms with Gasteiger partial charge in [-0.25, -0.2) is 14.6 Å². The first-order valence-electron chi connectivity index (χ1n) is 6.24. The molecule has 0 spiro atoms. The molecule has 2 aromatic rings. The number of aromatic carboxylic acids is 1. The van der Waals surface area contributed by atoms with Crippen molar-refractivity contribution < 1.29 is 14.7 Å². The highest BCUT2D eigenvalue weighted by Crippen LogP contribution is 2.19. The Morgan fingerprint density at radius 3 is 2.71 bits per heavy atom. The number of nitrogens with zero attached hydrogens (tertiary/aromatic N) is 2. The van der Waals surface area contributed by atoms with Crippen molar-refractivity contribution in [2.24, 2.45) is 0 Å². The maximum Gasteiger partial charge on any atom is 0.337 e. The van der Waals surface area contributed by atoms with Crippen molar-refractivity contribution in [3.63, 3.8) is 0 Å². The van der Waals surface area contributed by atoms with E-state index in [0.717, 1.165) is 9.88 Å². The summed E-state index contributed by atoms with van der Waals surface area (Å²) in [6.07, 6.45) is 1.75. The van der Waals surface area contributed by atoms with Crippen LogP contribution in [0.15, 0.2) is 30.5 Å². The number of benzene rings is 1. The van der Waals surface area contributed by atoms with Crippen molar-refractivity contribution in [1.29, 1.82) is 0 Å². The maximum atomic E-state index is 12.1. The zero-order chi connectivity index (χ0) is 15.4. The van der Waals surface area contributed by atoms with E-state index in [4.69, 9.17) is 5.11 Å². The molecule has 2 rings (SSSR count). The molecule has 1 aromatic heterocycles. The molecular weight excluding hydrogens is 290 g/mol. The molecule has 6 nitrogen and oxygen atoms in total. The van der Waals surface area contributed by atoms with Gasteiger partial charge < -0.3 is 10.4 Å². The van der Waals surface area contributed by atoms with Gasteiger partial charge in [-0.1, -0.05) is 12.1 Å². The highest BCUT2D eigenvalue weighted by Gasteiger charge is 2.17. The molecule has 0 unspecified atom stereocenters. The van der Waals surface area contributed by atoms with Crippen molar-refractivity contribution in [3.05, 3.63) is 45.9 Å². The van der Waals surface area contributed by atoms with E-state index in [1.807, 2.05) is 6.92 Å². The molecule has 0 fully saturated rings. The van der Waals surface area contributed by atoms with Crippen LogP contribution in [0.1, 0.15) is 20.2 Å². The average molecular weight is 305 g/mol. The molecule has 0 aliphatic heterocycles. The number of anilines is 1. The van der Waals surface area contributed by atoms with E-state index in [9.17, 15) is 9.59 Å². The first-order valence-corrected chi connectivity index (χ1v) is 7.06. The van der Waals surface area contributed by atoms with Crippen LogP contribution in [0, 0.1) is 6.92 Å². The predicted molar refractivity (Wildman–Crippen MR) is 80.9 cm³/mol. The number of thiazole rings is 1. The summed E-state index contributed by atoms with van der Waals surface area (Å²) in [5.74, 6) is -1.07. The summed E-state index contributed by atoms with van der Waals surface area (Å²) in [6.45, 7) is 2.26. The van der Waals surface area contributed by atoms with Gasteiger partial charge in [0, 0.05) is 18.1 Å². The van der Waals surface area contributed by atoms with Crippen LogP contribution >= 0.6 is 11.3 Å². The minimum Gasteiger partial charge on any atom is -0.478 e. The predicted octanol–water partition coefficient (Wildman–Crippen LogP) is 2.50. The summed E-state index contributed by atoms with van der Waals surface area (Å²) in [4.78, 5) is 29.8. The first-order chi connectivity index (χ1) is 9.99. The number of urea groups is 1. The van der Waals surface area contributed by atoms with Gasteiger partial charge in [-0.05, 0) is 19.1 Å². The van der Waals surface area contributed by atoms with Gasteiger partial charge in [-0.3, -0.25) is 4.90 Å². The zero-order valence-electron chi connectivity index (χ0n) is 11.7. The molecule has 2 N–H and O–H groups in total. The Balaban J connectivity index is 2.07. The zero-order valence-corrected chi connectivity index (χ0v) is 12.5. The van der Waals surface area contributed by atoms with Crippen LogP contribution in [-0.2, 0) is 6.54 Å². The van der Waals surface area contributed by atoms with Crippen LogP contribution in [0.5, 0.6) is 0 Å². The SMILES string of the molecule is Cc1cnc(CNC(=O)N(C)c2ccccc2C(=O)O)s1. The monoisotopic (exact) mass is 305 g/mol. The summed E-state index contributed by atoms with van der Waals surface area (Å²) in [6, 6.07) is 5.99. The van der Waals surface area contributed by atoms with E-state index >= 15 is 0 Å². The second-order valence-electron chi connectivity index (χ2n) is 4.40. The van der Waals surface area contributed by atoms with Crippen molar-refractivity contribution in [3.8, 4) is 0 Å². The van der Waals surface area contributed by atoms with E-state index in [-0.39, 0.29) is 11.6 Å². The summed E-state index contributed by atoms with van der Waals surface area (Å²) in [5.41, 5.74) is 0.429. The standard InChI is InChI=1S/C14H15N3O3S/c1-9-7-15-12(21-9)8-16-14(20)17(2)11-6-4-3-5-10(11)13(18)19/h3-7H,8H2,1-2H3,(H,16,20)(H,18,19). The van der Waals surface area contributed by atoms with Gasteiger partial charge in [0.1, 0.15) is 5.01 Å². The van der Waals surface area contributed by atoms with Crippen LogP contribution in [0.4, 0.5) is 10.5 Å². The average Bonchev–Trinajstić information content (AvgIpc) is 2.89. The van der Waals surface area contributed by atoms with Crippen molar-refractivity contribution in [2.75, 3.05) is 11.9 Å². The number of carbonyl (C=O) groups is 2. The van der Waals surface area contributed by atoms with Crippen LogP contribution < -0.4 is 10.2 Å². The van der Waals surface area contributed by atoms with Crippen molar-refractivity contribution in [1.82, 2.24) is 10.3 Å². The number of nitrogens with one attached hydrogen (secondary N) is 1. The first kappa shape index (κ1) is 15.0. The fourth-order valence-corrected chi connectivity index (χ4v) is 2.54. The number of carboxylic acids is 1. The lowest BCUT2D eigenvalue weighted by molar-refractivity contribution is 0.0697.